The molecule has 2 N–H and O–H groups in total. The van der Waals surface area contributed by atoms with E-state index in [-0.39, 0.29) is 6.04 Å². The van der Waals surface area contributed by atoms with Gasteiger partial charge < -0.3 is 14.9 Å². The number of ether oxygens (including phenoxy) is 1. The fourth-order valence-electron chi connectivity index (χ4n) is 2.73. The van der Waals surface area contributed by atoms with Crippen LogP contribution in [0.4, 0.5) is 0 Å². The molecule has 1 aromatic carbocycles. The first-order chi connectivity index (χ1) is 9.57. The molecule has 1 atom stereocenters. The second kappa shape index (κ2) is 6.17. The summed E-state index contributed by atoms with van der Waals surface area (Å²) in [6, 6.07) is 7.36. The first-order valence-electron chi connectivity index (χ1n) is 7.15. The first kappa shape index (κ1) is 15.4. The molecule has 0 saturated heterocycles. The molecule has 20 heavy (non-hydrogen) atoms. The summed E-state index contributed by atoms with van der Waals surface area (Å²) in [5.74, 6) is 0.727. The van der Waals surface area contributed by atoms with E-state index >= 15 is 0 Å². The Kier molecular flexibility index (Phi) is 4.74. The topological polar surface area (TPSA) is 48.4 Å². The monoisotopic (exact) mass is 295 g/mol. The number of para-hydroxylation sites is 1. The van der Waals surface area contributed by atoms with Gasteiger partial charge in [-0.25, -0.2) is 0 Å². The van der Waals surface area contributed by atoms with E-state index < -0.39 is 5.60 Å². The molecule has 110 valence electrons. The van der Waals surface area contributed by atoms with Gasteiger partial charge in [0, 0.05) is 12.0 Å². The molecule has 0 aliphatic carbocycles. The Bertz CT molecular complexity index is 575. The van der Waals surface area contributed by atoms with Crippen molar-refractivity contribution in [3.05, 3.63) is 35.0 Å². The molecule has 1 aromatic heterocycles. The maximum atomic E-state index is 6.43. The van der Waals surface area contributed by atoms with Crippen molar-refractivity contribution in [2.75, 3.05) is 6.61 Å². The number of benzene rings is 1. The van der Waals surface area contributed by atoms with Gasteiger partial charge in [0.05, 0.1) is 16.7 Å². The molecular weight excluding hydrogens is 274 g/mol. The fraction of sp³-hybridized carbons (Fsp3) is 0.500. The average molecular weight is 296 g/mol. The van der Waals surface area contributed by atoms with E-state index in [0.29, 0.717) is 17.2 Å². The Morgan fingerprint density at radius 1 is 1.30 bits per heavy atom. The molecule has 0 radical (unpaired) electrons. The normalized spacial score (nSPS) is 13.8. The lowest BCUT2D eigenvalue weighted by atomic mass is 9.87. The molecule has 0 aliphatic rings. The van der Waals surface area contributed by atoms with Crippen molar-refractivity contribution in [3.8, 4) is 0 Å². The zero-order valence-corrected chi connectivity index (χ0v) is 13.0. The summed E-state index contributed by atoms with van der Waals surface area (Å²) in [7, 11) is 0. The predicted molar refractivity (Wildman–Crippen MR) is 83.1 cm³/mol. The third kappa shape index (κ3) is 2.58. The van der Waals surface area contributed by atoms with Crippen LogP contribution in [0.3, 0.4) is 0 Å². The summed E-state index contributed by atoms with van der Waals surface area (Å²) in [5, 5.41) is 1.58. The van der Waals surface area contributed by atoms with Gasteiger partial charge in [0.2, 0.25) is 0 Å². The average Bonchev–Trinajstić information content (AvgIpc) is 2.89. The number of nitrogens with two attached hydrogens (primary N) is 1. The minimum atomic E-state index is -0.394. The molecule has 3 nitrogen and oxygen atoms in total. The fourth-order valence-corrected chi connectivity index (χ4v) is 2.95. The third-order valence-corrected chi connectivity index (χ3v) is 4.31. The van der Waals surface area contributed by atoms with E-state index in [0.717, 1.165) is 24.0 Å². The summed E-state index contributed by atoms with van der Waals surface area (Å²) in [6.45, 7) is 6.81. The second-order valence-corrected chi connectivity index (χ2v) is 5.40. The molecule has 2 aromatic rings. The highest BCUT2D eigenvalue weighted by atomic mass is 35.5. The molecule has 2 rings (SSSR count). The lowest BCUT2D eigenvalue weighted by molar-refractivity contribution is -0.0682. The number of furan rings is 1. The van der Waals surface area contributed by atoms with E-state index in [1.54, 1.807) is 0 Å². The van der Waals surface area contributed by atoms with Crippen LogP contribution in [-0.2, 0) is 4.74 Å². The smallest absolute Gasteiger partial charge is 0.152 e. The molecule has 1 heterocycles. The Morgan fingerprint density at radius 2 is 2.00 bits per heavy atom. The molecule has 4 heteroatoms. The van der Waals surface area contributed by atoms with Crippen molar-refractivity contribution in [1.29, 1.82) is 0 Å². The van der Waals surface area contributed by atoms with Crippen LogP contribution in [0.2, 0.25) is 5.02 Å². The Balaban J connectivity index is 2.43. The van der Waals surface area contributed by atoms with Crippen LogP contribution in [-0.4, -0.2) is 12.2 Å². The number of halogens is 1. The number of hydrogen-bond donors (Lipinski definition) is 1. The third-order valence-electron chi connectivity index (χ3n) is 4.02. The highest BCUT2D eigenvalue weighted by molar-refractivity contribution is 6.34. The second-order valence-electron chi connectivity index (χ2n) is 4.99. The molecule has 1 unspecified atom stereocenters. The van der Waals surface area contributed by atoms with E-state index in [1.165, 1.54) is 0 Å². The van der Waals surface area contributed by atoms with E-state index in [9.17, 15) is 0 Å². The van der Waals surface area contributed by atoms with Gasteiger partial charge in [0.15, 0.2) is 5.58 Å². The highest BCUT2D eigenvalue weighted by Crippen LogP contribution is 2.37. The van der Waals surface area contributed by atoms with Crippen molar-refractivity contribution in [2.24, 2.45) is 5.73 Å². The predicted octanol–water partition coefficient (Wildman–Crippen LogP) is 4.68. The molecule has 0 fully saturated rings. The maximum absolute atomic E-state index is 6.43. The van der Waals surface area contributed by atoms with Gasteiger partial charge in [-0.15, -0.1) is 0 Å². The van der Waals surface area contributed by atoms with Gasteiger partial charge in [0.25, 0.3) is 0 Å². The summed E-state index contributed by atoms with van der Waals surface area (Å²) < 4.78 is 11.8. The van der Waals surface area contributed by atoms with Gasteiger partial charge in [-0.1, -0.05) is 37.6 Å². The lowest BCUT2D eigenvalue weighted by Gasteiger charge is -2.36. The number of hydrogen-bond acceptors (Lipinski definition) is 3. The minimum absolute atomic E-state index is 0.305. The Labute approximate surface area is 125 Å². The van der Waals surface area contributed by atoms with Crippen LogP contribution < -0.4 is 5.73 Å². The van der Waals surface area contributed by atoms with Gasteiger partial charge in [-0.2, -0.15) is 0 Å². The van der Waals surface area contributed by atoms with Gasteiger partial charge in [-0.3, -0.25) is 0 Å². The summed E-state index contributed by atoms with van der Waals surface area (Å²) in [5.41, 5.74) is 6.73. The van der Waals surface area contributed by atoms with E-state index in [4.69, 9.17) is 26.5 Å². The molecule has 0 amide bonds. The van der Waals surface area contributed by atoms with Crippen molar-refractivity contribution < 1.29 is 9.15 Å². The van der Waals surface area contributed by atoms with Crippen LogP contribution in [0.25, 0.3) is 11.0 Å². The van der Waals surface area contributed by atoms with Gasteiger partial charge in [0.1, 0.15) is 5.76 Å². The minimum Gasteiger partial charge on any atom is -0.458 e. The molecular formula is C16H22ClNO2. The van der Waals surface area contributed by atoms with Crippen LogP contribution in [0.5, 0.6) is 0 Å². The summed E-state index contributed by atoms with van der Waals surface area (Å²) >= 11 is 6.15. The zero-order chi connectivity index (χ0) is 14.8. The molecule has 0 aliphatic heterocycles. The van der Waals surface area contributed by atoms with E-state index in [2.05, 4.69) is 13.8 Å². The quantitative estimate of drug-likeness (QED) is 0.841. The van der Waals surface area contributed by atoms with Crippen LogP contribution in [0, 0.1) is 0 Å². The standard InChI is InChI=1S/C16H22ClNO2/c1-4-16(5-2,19-6-3)15(18)13-10-11-8-7-9-12(17)14(11)20-13/h7-10,15H,4-6,18H2,1-3H3. The lowest BCUT2D eigenvalue weighted by Crippen LogP contribution is -2.42. The molecule has 0 bridgehead atoms. The van der Waals surface area contributed by atoms with Crippen molar-refractivity contribution >= 4 is 22.6 Å². The van der Waals surface area contributed by atoms with Crippen molar-refractivity contribution in [1.82, 2.24) is 0 Å². The number of rotatable bonds is 6. The number of fused-ring (bicyclic) bond motifs is 1. The van der Waals surface area contributed by atoms with Crippen LogP contribution in [0.1, 0.15) is 45.4 Å². The zero-order valence-electron chi connectivity index (χ0n) is 12.3. The summed E-state index contributed by atoms with van der Waals surface area (Å²) in [6.07, 6.45) is 1.67. The van der Waals surface area contributed by atoms with Crippen molar-refractivity contribution in [2.45, 2.75) is 45.3 Å². The maximum Gasteiger partial charge on any atom is 0.152 e. The van der Waals surface area contributed by atoms with Gasteiger partial charge >= 0.3 is 0 Å². The van der Waals surface area contributed by atoms with Gasteiger partial charge in [-0.05, 0) is 31.9 Å². The molecule has 0 saturated carbocycles. The summed E-state index contributed by atoms with van der Waals surface area (Å²) in [4.78, 5) is 0. The van der Waals surface area contributed by atoms with E-state index in [1.807, 2.05) is 31.2 Å². The Hall–Kier alpha value is -1.03. The molecule has 0 spiro atoms. The van der Waals surface area contributed by atoms with Crippen LogP contribution in [0.15, 0.2) is 28.7 Å². The largest absolute Gasteiger partial charge is 0.458 e. The highest BCUT2D eigenvalue weighted by Gasteiger charge is 2.37. The Morgan fingerprint density at radius 3 is 2.55 bits per heavy atom. The SMILES string of the molecule is CCOC(CC)(CC)C(N)c1cc2cccc(Cl)c2o1. The van der Waals surface area contributed by atoms with Crippen molar-refractivity contribution in [3.63, 3.8) is 0 Å². The van der Waals surface area contributed by atoms with Crippen LogP contribution >= 0.6 is 11.6 Å². The first-order valence-corrected chi connectivity index (χ1v) is 7.53.